The third-order valence-corrected chi connectivity index (χ3v) is 6.21. The molecule has 0 N–H and O–H groups in total. The monoisotopic (exact) mass is 434 g/mol. The molecule has 1 aliphatic heterocycles. The van der Waals surface area contributed by atoms with Crippen LogP contribution in [0.3, 0.4) is 0 Å². The number of amides is 1. The van der Waals surface area contributed by atoms with Gasteiger partial charge in [0.1, 0.15) is 13.2 Å². The number of carbonyl (C=O) groups excluding carboxylic acids is 2. The van der Waals surface area contributed by atoms with Gasteiger partial charge in [0.25, 0.3) is 5.91 Å². The molecule has 3 aromatic carbocycles. The molecule has 0 aliphatic carbocycles. The van der Waals surface area contributed by atoms with E-state index in [9.17, 15) is 9.59 Å². The summed E-state index contributed by atoms with van der Waals surface area (Å²) < 4.78 is 18.9. The first-order valence-corrected chi connectivity index (χ1v) is 10.5. The van der Waals surface area contributed by atoms with E-state index in [-0.39, 0.29) is 13.2 Å². The Kier molecular flexibility index (Phi) is 4.91. The highest BCUT2D eigenvalue weighted by molar-refractivity contribution is 7.17. The van der Waals surface area contributed by atoms with E-state index in [0.717, 1.165) is 21.0 Å². The van der Waals surface area contributed by atoms with Gasteiger partial charge in [-0.3, -0.25) is 9.59 Å². The van der Waals surface area contributed by atoms with Gasteiger partial charge >= 0.3 is 5.97 Å². The number of nitrogens with zero attached hydrogens (tertiary/aromatic N) is 2. The van der Waals surface area contributed by atoms with Crippen molar-refractivity contribution >= 4 is 44.2 Å². The Morgan fingerprint density at radius 2 is 1.87 bits per heavy atom. The molecule has 0 spiro atoms. The van der Waals surface area contributed by atoms with Crippen LogP contribution in [0.2, 0.25) is 0 Å². The number of ether oxygens (including phenoxy) is 3. The SMILES string of the molecule is COC(=O)Cn1c(=NC(=O)C2COc3ccccc3O2)sc2c3ccccc3ccc21. The molecule has 2 heterocycles. The number of fused-ring (bicyclic) bond motifs is 4. The number of carbonyl (C=O) groups is 2. The lowest BCUT2D eigenvalue weighted by Gasteiger charge is -2.23. The fourth-order valence-electron chi connectivity index (χ4n) is 3.54. The van der Waals surface area contributed by atoms with Crippen molar-refractivity contribution in [2.75, 3.05) is 13.7 Å². The summed E-state index contributed by atoms with van der Waals surface area (Å²) >= 11 is 1.36. The maximum absolute atomic E-state index is 12.9. The Labute approximate surface area is 181 Å². The molecule has 1 amide bonds. The lowest BCUT2D eigenvalue weighted by Crippen LogP contribution is -2.37. The van der Waals surface area contributed by atoms with Crippen LogP contribution >= 0.6 is 11.3 Å². The van der Waals surface area contributed by atoms with E-state index in [1.807, 2.05) is 48.5 Å². The predicted molar refractivity (Wildman–Crippen MR) is 116 cm³/mol. The summed E-state index contributed by atoms with van der Waals surface area (Å²) in [6, 6.07) is 19.1. The highest BCUT2D eigenvalue weighted by Gasteiger charge is 2.27. The fourth-order valence-corrected chi connectivity index (χ4v) is 4.71. The molecule has 7 nitrogen and oxygen atoms in total. The molecule has 0 radical (unpaired) electrons. The van der Waals surface area contributed by atoms with Crippen molar-refractivity contribution in [3.05, 3.63) is 65.5 Å². The number of hydrogen-bond donors (Lipinski definition) is 0. The van der Waals surface area contributed by atoms with Gasteiger partial charge in [-0.2, -0.15) is 4.99 Å². The summed E-state index contributed by atoms with van der Waals surface area (Å²) in [7, 11) is 1.33. The Bertz CT molecular complexity index is 1390. The number of methoxy groups -OCH3 is 1. The number of aromatic nitrogens is 1. The second kappa shape index (κ2) is 7.88. The van der Waals surface area contributed by atoms with E-state index < -0.39 is 18.0 Å². The van der Waals surface area contributed by atoms with Crippen LogP contribution in [0.5, 0.6) is 11.5 Å². The summed E-state index contributed by atoms with van der Waals surface area (Å²) in [6.07, 6.45) is -0.858. The third-order valence-electron chi connectivity index (χ3n) is 5.08. The molecular formula is C23H18N2O5S. The maximum Gasteiger partial charge on any atom is 0.325 e. The number of thiazole rings is 1. The van der Waals surface area contributed by atoms with Gasteiger partial charge in [0, 0.05) is 5.39 Å². The third kappa shape index (κ3) is 3.55. The molecule has 0 saturated heterocycles. The van der Waals surface area contributed by atoms with Crippen LogP contribution in [0.25, 0.3) is 21.0 Å². The molecule has 0 saturated carbocycles. The van der Waals surface area contributed by atoms with E-state index in [0.29, 0.717) is 16.3 Å². The zero-order valence-corrected chi connectivity index (χ0v) is 17.4. The fraction of sp³-hybridized carbons (Fsp3) is 0.174. The van der Waals surface area contributed by atoms with Gasteiger partial charge in [-0.25, -0.2) is 0 Å². The molecule has 4 aromatic rings. The molecule has 0 fully saturated rings. The molecule has 156 valence electrons. The summed E-state index contributed by atoms with van der Waals surface area (Å²) in [4.78, 5) is 29.7. The van der Waals surface area contributed by atoms with E-state index >= 15 is 0 Å². The van der Waals surface area contributed by atoms with E-state index in [2.05, 4.69) is 4.99 Å². The number of benzene rings is 3. The minimum absolute atomic E-state index is 0.0498. The van der Waals surface area contributed by atoms with Crippen molar-refractivity contribution < 1.29 is 23.8 Å². The van der Waals surface area contributed by atoms with Crippen LogP contribution in [0.4, 0.5) is 0 Å². The first-order chi connectivity index (χ1) is 15.1. The number of hydrogen-bond acceptors (Lipinski definition) is 6. The summed E-state index contributed by atoms with van der Waals surface area (Å²) in [5.41, 5.74) is 0.812. The Hall–Kier alpha value is -3.65. The summed E-state index contributed by atoms with van der Waals surface area (Å²) in [6.45, 7) is 0.0238. The number of para-hydroxylation sites is 2. The van der Waals surface area contributed by atoms with E-state index in [1.165, 1.54) is 18.4 Å². The standard InChI is InChI=1S/C23H18N2O5S/c1-28-20(26)12-25-16-11-10-14-6-2-3-7-15(14)21(16)31-23(25)24-22(27)19-13-29-17-8-4-5-9-18(17)30-19/h2-11,19H,12-13H2,1H3. The van der Waals surface area contributed by atoms with Gasteiger partial charge in [-0.15, -0.1) is 0 Å². The Morgan fingerprint density at radius 1 is 1.10 bits per heavy atom. The smallest absolute Gasteiger partial charge is 0.325 e. The topological polar surface area (TPSA) is 79.1 Å². The van der Waals surface area contributed by atoms with Gasteiger partial charge in [-0.1, -0.05) is 53.8 Å². The molecule has 0 bridgehead atoms. The second-order valence-corrected chi connectivity index (χ2v) is 7.97. The summed E-state index contributed by atoms with van der Waals surface area (Å²) in [5, 5.41) is 2.10. The first-order valence-electron chi connectivity index (χ1n) is 9.69. The average Bonchev–Trinajstić information content (AvgIpc) is 3.15. The minimum atomic E-state index is -0.858. The van der Waals surface area contributed by atoms with Crippen LogP contribution in [0.15, 0.2) is 65.7 Å². The van der Waals surface area contributed by atoms with E-state index in [1.54, 1.807) is 16.7 Å². The van der Waals surface area contributed by atoms with Crippen molar-refractivity contribution in [3.63, 3.8) is 0 Å². The first kappa shape index (κ1) is 19.3. The largest absolute Gasteiger partial charge is 0.485 e. The number of rotatable bonds is 3. The van der Waals surface area contributed by atoms with Crippen molar-refractivity contribution in [2.45, 2.75) is 12.6 Å². The highest BCUT2D eigenvalue weighted by atomic mass is 32.1. The zero-order chi connectivity index (χ0) is 21.4. The van der Waals surface area contributed by atoms with Crippen molar-refractivity contribution in [2.24, 2.45) is 4.99 Å². The highest BCUT2D eigenvalue weighted by Crippen LogP contribution is 2.31. The van der Waals surface area contributed by atoms with Gasteiger partial charge < -0.3 is 18.8 Å². The molecular weight excluding hydrogens is 416 g/mol. The van der Waals surface area contributed by atoms with E-state index in [4.69, 9.17) is 14.2 Å². The van der Waals surface area contributed by atoms with Gasteiger partial charge in [0.2, 0.25) is 6.10 Å². The van der Waals surface area contributed by atoms with Crippen LogP contribution in [-0.4, -0.2) is 36.3 Å². The van der Waals surface area contributed by atoms with Crippen molar-refractivity contribution in [1.29, 1.82) is 0 Å². The quantitative estimate of drug-likeness (QED) is 0.463. The van der Waals surface area contributed by atoms with Crippen LogP contribution in [0, 0.1) is 0 Å². The number of esters is 1. The predicted octanol–water partition coefficient (Wildman–Crippen LogP) is 3.30. The lowest BCUT2D eigenvalue weighted by atomic mass is 10.1. The minimum Gasteiger partial charge on any atom is -0.485 e. The van der Waals surface area contributed by atoms with Gasteiger partial charge in [0.15, 0.2) is 16.3 Å². The van der Waals surface area contributed by atoms with Crippen LogP contribution < -0.4 is 14.3 Å². The van der Waals surface area contributed by atoms with Gasteiger partial charge in [0.05, 0.1) is 17.3 Å². The van der Waals surface area contributed by atoms with Crippen molar-refractivity contribution in [1.82, 2.24) is 4.57 Å². The maximum atomic E-state index is 12.9. The molecule has 5 rings (SSSR count). The Balaban J connectivity index is 1.60. The van der Waals surface area contributed by atoms with Crippen LogP contribution in [-0.2, 0) is 20.9 Å². The molecule has 8 heteroatoms. The molecule has 1 unspecified atom stereocenters. The Morgan fingerprint density at radius 3 is 2.71 bits per heavy atom. The summed E-state index contributed by atoms with van der Waals surface area (Å²) in [5.74, 6) is 0.213. The molecule has 1 aromatic heterocycles. The van der Waals surface area contributed by atoms with Crippen LogP contribution in [0.1, 0.15) is 0 Å². The van der Waals surface area contributed by atoms with Gasteiger partial charge in [-0.05, 0) is 23.6 Å². The normalized spacial score (nSPS) is 15.9. The second-order valence-electron chi connectivity index (χ2n) is 7.00. The zero-order valence-electron chi connectivity index (χ0n) is 16.6. The van der Waals surface area contributed by atoms with Crippen molar-refractivity contribution in [3.8, 4) is 11.5 Å². The lowest BCUT2D eigenvalue weighted by molar-refractivity contribution is -0.141. The average molecular weight is 434 g/mol. The molecule has 1 aliphatic rings. The molecule has 31 heavy (non-hydrogen) atoms. The molecule has 1 atom stereocenters.